The van der Waals surface area contributed by atoms with Crippen molar-refractivity contribution in [3.05, 3.63) is 56.3 Å². The largest absolute Gasteiger partial charge is 0.395 e. The monoisotopic (exact) mass is 487 g/mol. The first kappa shape index (κ1) is 23.1. The van der Waals surface area contributed by atoms with Crippen LogP contribution in [0.25, 0.3) is 5.57 Å². The van der Waals surface area contributed by atoms with Crippen LogP contribution < -0.4 is 0 Å². The number of halogens is 5. The summed E-state index contributed by atoms with van der Waals surface area (Å²) in [5.74, 6) is -1.74. The van der Waals surface area contributed by atoms with Gasteiger partial charge in [0.2, 0.25) is 0 Å². The molecule has 1 aromatic carbocycles. The van der Waals surface area contributed by atoms with E-state index in [0.717, 1.165) is 0 Å². The van der Waals surface area contributed by atoms with Crippen LogP contribution in [0.5, 0.6) is 0 Å². The average molecular weight is 488 g/mol. The molecule has 1 unspecified atom stereocenters. The minimum Gasteiger partial charge on any atom is -0.378 e. The van der Waals surface area contributed by atoms with E-state index in [1.807, 2.05) is 0 Å². The molecule has 32 heavy (non-hydrogen) atoms. The Morgan fingerprint density at radius 3 is 2.56 bits per heavy atom. The van der Waals surface area contributed by atoms with Crippen molar-refractivity contribution in [3.63, 3.8) is 0 Å². The fourth-order valence-electron chi connectivity index (χ4n) is 4.28. The highest BCUT2D eigenvalue weighted by Gasteiger charge is 2.41. The quantitative estimate of drug-likeness (QED) is 0.600. The number of allylic oxidation sites excluding steroid dienone is 2. The Morgan fingerprint density at radius 2 is 1.91 bits per heavy atom. The number of fused-ring (bicyclic) bond motifs is 1. The molecule has 0 bridgehead atoms. The number of aromatic nitrogens is 2. The number of ether oxygens (including phenoxy) is 1. The molecular formula is C22H22Cl2F3N3O2. The number of carbonyl (C=O) groups is 1. The van der Waals surface area contributed by atoms with Gasteiger partial charge in [0.1, 0.15) is 0 Å². The van der Waals surface area contributed by atoms with E-state index in [2.05, 4.69) is 5.10 Å². The summed E-state index contributed by atoms with van der Waals surface area (Å²) in [6, 6.07) is 3.20. The Morgan fingerprint density at radius 1 is 1.22 bits per heavy atom. The number of benzene rings is 1. The smallest absolute Gasteiger partial charge is 0.378 e. The zero-order valence-corrected chi connectivity index (χ0v) is 19.1. The third-order valence-corrected chi connectivity index (χ3v) is 6.73. The number of hydrogen-bond acceptors (Lipinski definition) is 3. The fourth-order valence-corrected chi connectivity index (χ4v) is 4.85. The predicted molar refractivity (Wildman–Crippen MR) is 116 cm³/mol. The Hall–Kier alpha value is -2.03. The van der Waals surface area contributed by atoms with Gasteiger partial charge in [-0.2, -0.15) is 18.3 Å². The molecule has 4 rings (SSSR count). The first-order chi connectivity index (χ1) is 15.1. The number of carbonyl (C=O) groups excluding carboxylic acids is 1. The number of aryl methyl sites for hydroxylation is 1. The lowest BCUT2D eigenvalue weighted by molar-refractivity contribution is -0.160. The molecule has 10 heteroatoms. The van der Waals surface area contributed by atoms with E-state index < -0.39 is 12.1 Å². The number of morpholine rings is 1. The highest BCUT2D eigenvalue weighted by Crippen LogP contribution is 2.40. The van der Waals surface area contributed by atoms with Crippen LogP contribution in [0, 0.1) is 12.8 Å². The lowest BCUT2D eigenvalue weighted by Crippen LogP contribution is -2.40. The summed E-state index contributed by atoms with van der Waals surface area (Å²) >= 11 is 13.0. The third-order valence-electron chi connectivity index (χ3n) is 5.94. The summed E-state index contributed by atoms with van der Waals surface area (Å²) in [5.41, 5.74) is 3.08. The minimum absolute atomic E-state index is 0.139. The standard InChI is InChI=1S/C22H22Cl2F3N3O2/c1-12-9-14(22(25,26)27)10-16-13(2)28-30(20(12)16)11-17-18(23)4-3-15(19(17)24)21(31)29-5-7-32-8-6-29/h3-4,9,14H,5-8,10-11H2,1-2H3. The summed E-state index contributed by atoms with van der Waals surface area (Å²) in [6.07, 6.45) is -3.23. The number of amides is 1. The second-order valence-electron chi connectivity index (χ2n) is 8.06. The van der Waals surface area contributed by atoms with Crippen LogP contribution in [0.4, 0.5) is 13.2 Å². The van der Waals surface area contributed by atoms with E-state index in [0.29, 0.717) is 65.0 Å². The van der Waals surface area contributed by atoms with Crippen molar-refractivity contribution in [2.24, 2.45) is 5.92 Å². The second-order valence-corrected chi connectivity index (χ2v) is 8.85. The molecule has 1 aliphatic heterocycles. The molecule has 0 N–H and O–H groups in total. The van der Waals surface area contributed by atoms with Gasteiger partial charge in [0, 0.05) is 29.2 Å². The van der Waals surface area contributed by atoms with E-state index in [1.54, 1.807) is 35.6 Å². The van der Waals surface area contributed by atoms with Crippen molar-refractivity contribution in [1.82, 2.24) is 14.7 Å². The lowest BCUT2D eigenvalue weighted by atomic mass is 9.87. The fraction of sp³-hybridized carbons (Fsp3) is 0.455. The normalized spacial score (nSPS) is 19.0. The van der Waals surface area contributed by atoms with Crippen molar-refractivity contribution in [3.8, 4) is 0 Å². The number of alkyl halides is 3. The SMILES string of the molecule is CC1=CC(C(F)(F)F)Cc2c(C)nn(Cc3c(Cl)ccc(C(=O)N4CCOCC4)c3Cl)c21. The average Bonchev–Trinajstić information content (AvgIpc) is 3.06. The van der Waals surface area contributed by atoms with Gasteiger partial charge in [0.25, 0.3) is 5.91 Å². The highest BCUT2D eigenvalue weighted by atomic mass is 35.5. The van der Waals surface area contributed by atoms with E-state index in [-0.39, 0.29) is 23.9 Å². The molecule has 5 nitrogen and oxygen atoms in total. The molecule has 1 fully saturated rings. The predicted octanol–water partition coefficient (Wildman–Crippen LogP) is 5.16. The molecule has 2 aromatic rings. The molecule has 1 amide bonds. The van der Waals surface area contributed by atoms with E-state index in [4.69, 9.17) is 27.9 Å². The Bertz CT molecular complexity index is 1090. The van der Waals surface area contributed by atoms with Gasteiger partial charge in [-0.05, 0) is 38.0 Å². The van der Waals surface area contributed by atoms with Gasteiger partial charge in [-0.15, -0.1) is 0 Å². The highest BCUT2D eigenvalue weighted by molar-refractivity contribution is 6.38. The Kier molecular flexibility index (Phi) is 6.31. The van der Waals surface area contributed by atoms with Gasteiger partial charge in [-0.25, -0.2) is 0 Å². The summed E-state index contributed by atoms with van der Waals surface area (Å²) in [6.45, 7) is 5.37. The third kappa shape index (κ3) is 4.28. The molecule has 2 heterocycles. The van der Waals surface area contributed by atoms with Crippen LogP contribution in [0.1, 0.15) is 39.8 Å². The molecule has 2 aliphatic rings. The van der Waals surface area contributed by atoms with Crippen molar-refractivity contribution in [2.75, 3.05) is 26.3 Å². The molecular weight excluding hydrogens is 466 g/mol. The Balaban J connectivity index is 1.69. The first-order valence-corrected chi connectivity index (χ1v) is 11.0. The molecule has 0 radical (unpaired) electrons. The van der Waals surface area contributed by atoms with Crippen molar-refractivity contribution in [1.29, 1.82) is 0 Å². The first-order valence-electron chi connectivity index (χ1n) is 10.2. The van der Waals surface area contributed by atoms with Gasteiger partial charge in [-0.1, -0.05) is 29.3 Å². The zero-order valence-electron chi connectivity index (χ0n) is 17.6. The molecule has 1 saturated heterocycles. The number of rotatable bonds is 3. The zero-order chi connectivity index (χ0) is 23.2. The lowest BCUT2D eigenvalue weighted by Gasteiger charge is -2.27. The van der Waals surface area contributed by atoms with Gasteiger partial charge in [0.05, 0.1) is 47.7 Å². The maximum atomic E-state index is 13.3. The summed E-state index contributed by atoms with van der Waals surface area (Å²) in [4.78, 5) is 14.6. The van der Waals surface area contributed by atoms with Crippen LogP contribution in [-0.2, 0) is 17.7 Å². The summed E-state index contributed by atoms with van der Waals surface area (Å²) in [7, 11) is 0. The van der Waals surface area contributed by atoms with E-state index in [9.17, 15) is 18.0 Å². The molecule has 0 spiro atoms. The van der Waals surface area contributed by atoms with Crippen LogP contribution >= 0.6 is 23.2 Å². The van der Waals surface area contributed by atoms with E-state index in [1.165, 1.54) is 6.08 Å². The second kappa shape index (κ2) is 8.72. The maximum Gasteiger partial charge on any atom is 0.395 e. The molecule has 1 atom stereocenters. The van der Waals surface area contributed by atoms with Gasteiger partial charge in [-0.3, -0.25) is 9.48 Å². The van der Waals surface area contributed by atoms with Crippen molar-refractivity contribution in [2.45, 2.75) is 33.0 Å². The van der Waals surface area contributed by atoms with Gasteiger partial charge >= 0.3 is 6.18 Å². The van der Waals surface area contributed by atoms with Crippen LogP contribution in [0.2, 0.25) is 10.0 Å². The summed E-state index contributed by atoms with van der Waals surface area (Å²) in [5, 5.41) is 5.07. The van der Waals surface area contributed by atoms with E-state index >= 15 is 0 Å². The molecule has 172 valence electrons. The Labute approximate surface area is 193 Å². The van der Waals surface area contributed by atoms with Crippen LogP contribution in [-0.4, -0.2) is 53.1 Å². The van der Waals surface area contributed by atoms with Gasteiger partial charge in [0.15, 0.2) is 0 Å². The van der Waals surface area contributed by atoms with Crippen LogP contribution in [0.3, 0.4) is 0 Å². The number of hydrogen-bond donors (Lipinski definition) is 0. The van der Waals surface area contributed by atoms with Crippen LogP contribution in [0.15, 0.2) is 18.2 Å². The topological polar surface area (TPSA) is 47.4 Å². The van der Waals surface area contributed by atoms with Crippen molar-refractivity contribution >= 4 is 34.7 Å². The van der Waals surface area contributed by atoms with Gasteiger partial charge < -0.3 is 9.64 Å². The summed E-state index contributed by atoms with van der Waals surface area (Å²) < 4.78 is 46.9. The minimum atomic E-state index is -4.31. The maximum absolute atomic E-state index is 13.3. The molecule has 0 saturated carbocycles. The van der Waals surface area contributed by atoms with Crippen molar-refractivity contribution < 1.29 is 22.7 Å². The number of nitrogens with zero attached hydrogens (tertiary/aromatic N) is 3. The molecule has 1 aromatic heterocycles. The molecule has 1 aliphatic carbocycles.